The molecule has 0 amide bonds. The van der Waals surface area contributed by atoms with E-state index >= 15 is 0 Å². The Morgan fingerprint density at radius 1 is 1.41 bits per heavy atom. The van der Waals surface area contributed by atoms with E-state index in [1.54, 1.807) is 0 Å². The summed E-state index contributed by atoms with van der Waals surface area (Å²) in [7, 11) is 0. The Morgan fingerprint density at radius 3 is 2.73 bits per heavy atom. The predicted molar refractivity (Wildman–Crippen MR) is 78.8 cm³/mol. The topological polar surface area (TPSA) is 77.1 Å². The predicted octanol–water partition coefficient (Wildman–Crippen LogP) is 2.28. The van der Waals surface area contributed by atoms with Crippen LogP contribution in [0.2, 0.25) is 0 Å². The summed E-state index contributed by atoms with van der Waals surface area (Å²) in [5.41, 5.74) is 2.66. The number of nitrogens with zero attached hydrogens (tertiary/aromatic N) is 3. The van der Waals surface area contributed by atoms with Crippen LogP contribution in [0.3, 0.4) is 0 Å². The number of hydrogen-bond donors (Lipinski definition) is 0. The third-order valence-electron chi connectivity index (χ3n) is 3.39. The lowest BCUT2D eigenvalue weighted by atomic mass is 10.1. The van der Waals surface area contributed by atoms with Gasteiger partial charge in [0.2, 0.25) is 0 Å². The van der Waals surface area contributed by atoms with Crippen molar-refractivity contribution in [1.29, 1.82) is 5.26 Å². The van der Waals surface area contributed by atoms with Gasteiger partial charge >= 0.3 is 5.97 Å². The Labute approximate surface area is 128 Å². The molecule has 0 saturated heterocycles. The summed E-state index contributed by atoms with van der Waals surface area (Å²) < 4.78 is 12.3. The van der Waals surface area contributed by atoms with Crippen molar-refractivity contribution in [1.82, 2.24) is 9.78 Å². The normalized spacial score (nSPS) is 13.9. The molecule has 2 heterocycles. The van der Waals surface area contributed by atoms with E-state index in [1.165, 1.54) is 4.68 Å². The average Bonchev–Trinajstić information content (AvgIpc) is 2.98. The average molecular weight is 299 g/mol. The molecule has 0 spiro atoms. The highest BCUT2D eigenvalue weighted by Gasteiger charge is 2.21. The van der Waals surface area contributed by atoms with Gasteiger partial charge in [0, 0.05) is 5.39 Å². The van der Waals surface area contributed by atoms with Crippen LogP contribution in [0.5, 0.6) is 0 Å². The lowest BCUT2D eigenvalue weighted by molar-refractivity contribution is -0.155. The van der Waals surface area contributed by atoms with Gasteiger partial charge in [-0.05, 0) is 44.0 Å². The van der Waals surface area contributed by atoms with Crippen LogP contribution >= 0.6 is 0 Å². The molecule has 3 rings (SSSR count). The molecule has 6 heteroatoms. The van der Waals surface area contributed by atoms with Crippen molar-refractivity contribution in [2.24, 2.45) is 0 Å². The highest BCUT2D eigenvalue weighted by Crippen LogP contribution is 2.28. The monoisotopic (exact) mass is 299 g/mol. The third kappa shape index (κ3) is 2.68. The quantitative estimate of drug-likeness (QED) is 0.795. The number of carbonyl (C=O) groups excluding carboxylic acids is 1. The number of nitriles is 1. The standard InChI is InChI=1S/C16H17N3O3/c1-16(2,3)22-15(20)7-19-14-5-11-9-21-8-10(11)4-12(14)13(6-17)18-19/h4-5H,7-9H2,1-3H3. The van der Waals surface area contributed by atoms with Crippen molar-refractivity contribution in [2.75, 3.05) is 0 Å². The molecule has 6 nitrogen and oxygen atoms in total. The molecule has 0 aliphatic carbocycles. The summed E-state index contributed by atoms with van der Waals surface area (Å²) in [6.45, 7) is 6.53. The van der Waals surface area contributed by atoms with Crippen molar-refractivity contribution in [3.63, 3.8) is 0 Å². The maximum atomic E-state index is 12.0. The van der Waals surface area contributed by atoms with Gasteiger partial charge in [-0.1, -0.05) is 0 Å². The highest BCUT2D eigenvalue weighted by atomic mass is 16.6. The van der Waals surface area contributed by atoms with Gasteiger partial charge in [0.05, 0.1) is 18.7 Å². The van der Waals surface area contributed by atoms with E-state index < -0.39 is 5.60 Å². The number of hydrogen-bond acceptors (Lipinski definition) is 5. The first-order valence-electron chi connectivity index (χ1n) is 7.09. The maximum absolute atomic E-state index is 12.0. The van der Waals surface area contributed by atoms with Gasteiger partial charge in [-0.15, -0.1) is 0 Å². The molecule has 1 aromatic heterocycles. The Morgan fingerprint density at radius 2 is 2.09 bits per heavy atom. The number of carbonyl (C=O) groups is 1. The van der Waals surface area contributed by atoms with Crippen LogP contribution in [0.1, 0.15) is 37.6 Å². The molecule has 0 saturated carbocycles. The Kier molecular flexibility index (Phi) is 3.38. The highest BCUT2D eigenvalue weighted by molar-refractivity contribution is 5.87. The molecule has 1 aliphatic heterocycles. The second-order valence-corrected chi connectivity index (χ2v) is 6.34. The fourth-order valence-corrected chi connectivity index (χ4v) is 2.55. The van der Waals surface area contributed by atoms with Crippen LogP contribution < -0.4 is 0 Å². The third-order valence-corrected chi connectivity index (χ3v) is 3.39. The molecule has 2 aromatic rings. The number of aromatic nitrogens is 2. The zero-order valence-electron chi connectivity index (χ0n) is 12.8. The van der Waals surface area contributed by atoms with E-state index in [-0.39, 0.29) is 12.5 Å². The van der Waals surface area contributed by atoms with Crippen LogP contribution in [0.4, 0.5) is 0 Å². The molecule has 0 N–H and O–H groups in total. The first-order valence-corrected chi connectivity index (χ1v) is 7.09. The van der Waals surface area contributed by atoms with Crippen molar-refractivity contribution in [3.05, 3.63) is 29.0 Å². The van der Waals surface area contributed by atoms with Gasteiger partial charge in [0.15, 0.2) is 5.69 Å². The Hall–Kier alpha value is -2.39. The largest absolute Gasteiger partial charge is 0.459 e. The number of benzene rings is 1. The number of rotatable bonds is 2. The second-order valence-electron chi connectivity index (χ2n) is 6.34. The smallest absolute Gasteiger partial charge is 0.328 e. The zero-order chi connectivity index (χ0) is 15.9. The van der Waals surface area contributed by atoms with Crippen molar-refractivity contribution in [3.8, 4) is 6.07 Å². The molecule has 22 heavy (non-hydrogen) atoms. The summed E-state index contributed by atoms with van der Waals surface area (Å²) in [4.78, 5) is 12.0. The first-order chi connectivity index (χ1) is 10.4. The number of esters is 1. The van der Waals surface area contributed by atoms with Crippen LogP contribution in [0, 0.1) is 11.3 Å². The SMILES string of the molecule is CC(C)(C)OC(=O)Cn1nc(C#N)c2cc3c(cc21)COC3. The molecular formula is C16H17N3O3. The maximum Gasteiger partial charge on any atom is 0.328 e. The summed E-state index contributed by atoms with van der Waals surface area (Å²) in [5.74, 6) is -0.377. The van der Waals surface area contributed by atoms with E-state index in [4.69, 9.17) is 9.47 Å². The van der Waals surface area contributed by atoms with Gasteiger partial charge < -0.3 is 9.47 Å². The number of ether oxygens (including phenoxy) is 2. The van der Waals surface area contributed by atoms with E-state index in [0.29, 0.717) is 18.9 Å². The molecule has 0 unspecified atom stereocenters. The summed E-state index contributed by atoms with van der Waals surface area (Å²) in [5, 5.41) is 14.2. The van der Waals surface area contributed by atoms with Gasteiger partial charge in [-0.25, -0.2) is 0 Å². The van der Waals surface area contributed by atoms with E-state index in [9.17, 15) is 10.1 Å². The lowest BCUT2D eigenvalue weighted by Crippen LogP contribution is -2.26. The van der Waals surface area contributed by atoms with Gasteiger partial charge in [0.25, 0.3) is 0 Å². The number of fused-ring (bicyclic) bond motifs is 2. The van der Waals surface area contributed by atoms with Crippen molar-refractivity contribution >= 4 is 16.9 Å². The molecule has 1 aromatic carbocycles. The minimum absolute atomic E-state index is 0.0188. The zero-order valence-corrected chi connectivity index (χ0v) is 12.8. The van der Waals surface area contributed by atoms with Crippen molar-refractivity contribution < 1.29 is 14.3 Å². The molecule has 1 aliphatic rings. The molecule has 0 radical (unpaired) electrons. The minimum atomic E-state index is -0.548. The Balaban J connectivity index is 2.00. The van der Waals surface area contributed by atoms with Gasteiger partial charge in [-0.2, -0.15) is 10.4 Å². The van der Waals surface area contributed by atoms with Gasteiger partial charge in [0.1, 0.15) is 18.2 Å². The van der Waals surface area contributed by atoms with E-state index in [1.807, 2.05) is 32.9 Å². The molecular weight excluding hydrogens is 282 g/mol. The molecule has 0 bridgehead atoms. The van der Waals surface area contributed by atoms with Gasteiger partial charge in [-0.3, -0.25) is 9.48 Å². The Bertz CT molecular complexity index is 794. The summed E-state index contributed by atoms with van der Waals surface area (Å²) >= 11 is 0. The van der Waals surface area contributed by atoms with E-state index in [2.05, 4.69) is 11.2 Å². The molecule has 0 atom stereocenters. The molecule has 114 valence electrons. The summed E-state index contributed by atoms with van der Waals surface area (Å²) in [6.07, 6.45) is 0. The van der Waals surface area contributed by atoms with Crippen LogP contribution in [-0.2, 0) is 34.0 Å². The fraction of sp³-hybridized carbons (Fsp3) is 0.438. The summed E-state index contributed by atoms with van der Waals surface area (Å²) in [6, 6.07) is 5.94. The fourth-order valence-electron chi connectivity index (χ4n) is 2.55. The van der Waals surface area contributed by atoms with E-state index in [0.717, 1.165) is 22.0 Å². The van der Waals surface area contributed by atoms with Crippen LogP contribution in [0.25, 0.3) is 10.9 Å². The first kappa shape index (κ1) is 14.5. The second kappa shape index (κ2) is 5.11. The molecule has 0 fully saturated rings. The lowest BCUT2D eigenvalue weighted by Gasteiger charge is -2.19. The van der Waals surface area contributed by atoms with Crippen LogP contribution in [-0.4, -0.2) is 21.4 Å². The minimum Gasteiger partial charge on any atom is -0.459 e. The van der Waals surface area contributed by atoms with Crippen molar-refractivity contribution in [2.45, 2.75) is 46.1 Å². The van der Waals surface area contributed by atoms with Crippen LogP contribution in [0.15, 0.2) is 12.1 Å².